The molecular formula is C20H20ClNO4. The lowest BCUT2D eigenvalue weighted by atomic mass is 10.1. The first-order chi connectivity index (χ1) is 12.6. The molecule has 1 atom stereocenters. The Hall–Kier alpha value is -2.53. The van der Waals surface area contributed by atoms with Crippen LogP contribution in [0.3, 0.4) is 0 Å². The fourth-order valence-electron chi connectivity index (χ4n) is 3.02. The summed E-state index contributed by atoms with van der Waals surface area (Å²) in [5.41, 5.74) is 2.30. The van der Waals surface area contributed by atoms with Crippen LogP contribution >= 0.6 is 11.6 Å². The summed E-state index contributed by atoms with van der Waals surface area (Å²) in [4.78, 5) is 25.2. The average molecular weight is 374 g/mol. The summed E-state index contributed by atoms with van der Waals surface area (Å²) in [6.07, 6.45) is 0.492. The second kappa shape index (κ2) is 8.23. The Morgan fingerprint density at radius 2 is 2.12 bits per heavy atom. The summed E-state index contributed by atoms with van der Waals surface area (Å²) in [5.74, 6) is 0.248. The van der Waals surface area contributed by atoms with Gasteiger partial charge in [-0.25, -0.2) is 0 Å². The third-order valence-electron chi connectivity index (χ3n) is 4.18. The first kappa shape index (κ1) is 18.3. The molecule has 0 N–H and O–H groups in total. The van der Waals surface area contributed by atoms with E-state index in [2.05, 4.69) is 4.90 Å². The molecule has 0 unspecified atom stereocenters. The summed E-state index contributed by atoms with van der Waals surface area (Å²) in [7, 11) is 0. The van der Waals surface area contributed by atoms with E-state index in [0.29, 0.717) is 42.3 Å². The molecule has 1 aliphatic rings. The maximum atomic E-state index is 11.9. The highest BCUT2D eigenvalue weighted by Gasteiger charge is 2.29. The Morgan fingerprint density at radius 1 is 1.35 bits per heavy atom. The van der Waals surface area contributed by atoms with Crippen molar-refractivity contribution in [3.05, 3.63) is 58.6 Å². The van der Waals surface area contributed by atoms with Gasteiger partial charge in [-0.3, -0.25) is 9.59 Å². The molecule has 3 rings (SSSR count). The van der Waals surface area contributed by atoms with Crippen molar-refractivity contribution in [3.63, 3.8) is 0 Å². The van der Waals surface area contributed by atoms with Crippen LogP contribution in [-0.2, 0) is 16.1 Å². The second-order valence-electron chi connectivity index (χ2n) is 6.07. The number of fused-ring (bicyclic) bond motifs is 1. The summed E-state index contributed by atoms with van der Waals surface area (Å²) in [6, 6.07) is 13.4. The van der Waals surface area contributed by atoms with Crippen LogP contribution in [0.25, 0.3) is 0 Å². The maximum absolute atomic E-state index is 11.9. The van der Waals surface area contributed by atoms with E-state index in [1.807, 2.05) is 30.3 Å². The molecule has 0 radical (unpaired) electrons. The molecule has 0 aromatic heterocycles. The zero-order valence-electron chi connectivity index (χ0n) is 14.5. The number of carbonyl (C=O) groups is 2. The van der Waals surface area contributed by atoms with Crippen LogP contribution in [-0.4, -0.2) is 31.5 Å². The smallest absolute Gasteiger partial charge is 0.309 e. The summed E-state index contributed by atoms with van der Waals surface area (Å²) < 4.78 is 11.0. The standard InChI is InChI=1S/C20H20ClNO4/c1-2-25-20(24)9-16-12-22(11-14-6-4-3-5-7-14)18-10-17(21)15(13-23)8-19(18)26-16/h3-8,10,13,16H,2,9,11-12H2,1H3/t16-/m1/s1. The van der Waals surface area contributed by atoms with Crippen molar-refractivity contribution in [2.24, 2.45) is 0 Å². The SMILES string of the molecule is CCOC(=O)C[C@@H]1CN(Cc2ccccc2)c2cc(Cl)c(C=O)cc2O1. The Kier molecular flexibility index (Phi) is 5.78. The zero-order chi connectivity index (χ0) is 18.5. The predicted octanol–water partition coefficient (Wildman–Crippen LogP) is 3.87. The molecular weight excluding hydrogens is 354 g/mol. The number of hydrogen-bond donors (Lipinski definition) is 0. The van der Waals surface area contributed by atoms with Crippen molar-refractivity contribution in [1.29, 1.82) is 0 Å². The van der Waals surface area contributed by atoms with Crippen LogP contribution in [0.1, 0.15) is 29.3 Å². The van der Waals surface area contributed by atoms with Gasteiger partial charge in [0, 0.05) is 12.1 Å². The van der Waals surface area contributed by atoms with E-state index in [9.17, 15) is 9.59 Å². The maximum Gasteiger partial charge on any atom is 0.309 e. The van der Waals surface area contributed by atoms with E-state index >= 15 is 0 Å². The Morgan fingerprint density at radius 3 is 2.81 bits per heavy atom. The molecule has 1 heterocycles. The number of aldehydes is 1. The van der Waals surface area contributed by atoms with E-state index in [1.54, 1.807) is 19.1 Å². The molecule has 26 heavy (non-hydrogen) atoms. The van der Waals surface area contributed by atoms with Gasteiger partial charge in [-0.15, -0.1) is 0 Å². The topological polar surface area (TPSA) is 55.8 Å². The number of halogens is 1. The van der Waals surface area contributed by atoms with Crippen LogP contribution in [0.4, 0.5) is 5.69 Å². The highest BCUT2D eigenvalue weighted by atomic mass is 35.5. The number of esters is 1. The number of nitrogens with zero attached hydrogens (tertiary/aromatic N) is 1. The van der Waals surface area contributed by atoms with Gasteiger partial charge in [0.2, 0.25) is 0 Å². The molecule has 0 bridgehead atoms. The predicted molar refractivity (Wildman–Crippen MR) is 100.0 cm³/mol. The summed E-state index contributed by atoms with van der Waals surface area (Å²) in [6.45, 7) is 3.28. The molecule has 1 aliphatic heterocycles. The van der Waals surface area contributed by atoms with Crippen LogP contribution in [0, 0.1) is 0 Å². The minimum absolute atomic E-state index is 0.150. The fraction of sp³-hybridized carbons (Fsp3) is 0.300. The monoisotopic (exact) mass is 373 g/mol. The van der Waals surface area contributed by atoms with Crippen LogP contribution in [0.15, 0.2) is 42.5 Å². The highest BCUT2D eigenvalue weighted by Crippen LogP contribution is 2.38. The van der Waals surface area contributed by atoms with Crippen molar-refractivity contribution in [2.45, 2.75) is 26.0 Å². The largest absolute Gasteiger partial charge is 0.486 e. The number of benzene rings is 2. The molecule has 0 saturated carbocycles. The molecule has 0 fully saturated rings. The second-order valence-corrected chi connectivity index (χ2v) is 6.48. The van der Waals surface area contributed by atoms with Gasteiger partial charge in [0.15, 0.2) is 6.29 Å². The molecule has 0 amide bonds. The lowest BCUT2D eigenvalue weighted by molar-refractivity contribution is -0.144. The minimum Gasteiger partial charge on any atom is -0.486 e. The van der Waals surface area contributed by atoms with E-state index in [-0.39, 0.29) is 18.5 Å². The van der Waals surface area contributed by atoms with Gasteiger partial charge >= 0.3 is 5.97 Å². The van der Waals surface area contributed by atoms with Crippen molar-refractivity contribution in [3.8, 4) is 5.75 Å². The third-order valence-corrected chi connectivity index (χ3v) is 4.51. The molecule has 2 aromatic carbocycles. The molecule has 0 aliphatic carbocycles. The number of anilines is 1. The Balaban J connectivity index is 1.90. The highest BCUT2D eigenvalue weighted by molar-refractivity contribution is 6.33. The molecule has 136 valence electrons. The molecule has 2 aromatic rings. The van der Waals surface area contributed by atoms with E-state index in [1.165, 1.54) is 0 Å². The van der Waals surface area contributed by atoms with Crippen molar-refractivity contribution < 1.29 is 19.1 Å². The minimum atomic E-state index is -0.356. The fourth-order valence-corrected chi connectivity index (χ4v) is 3.22. The lowest BCUT2D eigenvalue weighted by Crippen LogP contribution is -2.41. The number of ether oxygens (including phenoxy) is 2. The third kappa shape index (κ3) is 4.17. The van der Waals surface area contributed by atoms with Crippen LogP contribution in [0.5, 0.6) is 5.75 Å². The van der Waals surface area contributed by atoms with Gasteiger partial charge < -0.3 is 14.4 Å². The van der Waals surface area contributed by atoms with Gasteiger partial charge in [0.05, 0.1) is 30.3 Å². The van der Waals surface area contributed by atoms with E-state index < -0.39 is 0 Å². The number of hydrogen-bond acceptors (Lipinski definition) is 5. The number of rotatable bonds is 6. The molecule has 0 spiro atoms. The van der Waals surface area contributed by atoms with Gasteiger partial charge in [-0.2, -0.15) is 0 Å². The first-order valence-electron chi connectivity index (χ1n) is 8.50. The Labute approximate surface area is 157 Å². The molecule has 0 saturated heterocycles. The van der Waals surface area contributed by atoms with Gasteiger partial charge in [0.25, 0.3) is 0 Å². The average Bonchev–Trinajstić information content (AvgIpc) is 2.63. The van der Waals surface area contributed by atoms with E-state index in [0.717, 1.165) is 11.3 Å². The Bertz CT molecular complexity index is 794. The zero-order valence-corrected chi connectivity index (χ0v) is 15.2. The number of carbonyl (C=O) groups excluding carboxylic acids is 2. The van der Waals surface area contributed by atoms with Gasteiger partial charge in [-0.05, 0) is 24.6 Å². The van der Waals surface area contributed by atoms with Crippen molar-refractivity contribution >= 4 is 29.5 Å². The summed E-state index contributed by atoms with van der Waals surface area (Å²) >= 11 is 6.20. The lowest BCUT2D eigenvalue weighted by Gasteiger charge is -2.36. The summed E-state index contributed by atoms with van der Waals surface area (Å²) in [5, 5.41) is 0.379. The van der Waals surface area contributed by atoms with Crippen molar-refractivity contribution in [2.75, 3.05) is 18.1 Å². The first-order valence-corrected chi connectivity index (χ1v) is 8.88. The van der Waals surface area contributed by atoms with Gasteiger partial charge in [0.1, 0.15) is 11.9 Å². The van der Waals surface area contributed by atoms with E-state index in [4.69, 9.17) is 21.1 Å². The van der Waals surface area contributed by atoms with Crippen LogP contribution < -0.4 is 9.64 Å². The van der Waals surface area contributed by atoms with Gasteiger partial charge in [-0.1, -0.05) is 41.9 Å². The molecule has 5 nitrogen and oxygen atoms in total. The van der Waals surface area contributed by atoms with Crippen molar-refractivity contribution in [1.82, 2.24) is 0 Å². The normalized spacial score (nSPS) is 15.8. The quantitative estimate of drug-likeness (QED) is 0.568. The molecule has 6 heteroatoms. The van der Waals surface area contributed by atoms with Crippen LogP contribution in [0.2, 0.25) is 5.02 Å².